The van der Waals surface area contributed by atoms with Gasteiger partial charge in [-0.1, -0.05) is 36.4 Å². The van der Waals surface area contributed by atoms with E-state index in [4.69, 9.17) is 0 Å². The van der Waals surface area contributed by atoms with Gasteiger partial charge in [0.1, 0.15) is 0 Å². The van der Waals surface area contributed by atoms with Crippen LogP contribution in [0.4, 0.5) is 0 Å². The summed E-state index contributed by atoms with van der Waals surface area (Å²) in [6.45, 7) is 7.51. The second-order valence-corrected chi connectivity index (χ2v) is 3.09. The van der Waals surface area contributed by atoms with Crippen LogP contribution in [0.2, 0.25) is 0 Å². The van der Waals surface area contributed by atoms with Crippen LogP contribution in [0.5, 0.6) is 0 Å². The molecule has 0 saturated carbocycles. The van der Waals surface area contributed by atoms with Crippen LogP contribution in [0.3, 0.4) is 0 Å². The van der Waals surface area contributed by atoms with Gasteiger partial charge in [0.15, 0.2) is 5.78 Å². The topological polar surface area (TPSA) is 29.4 Å². The smallest absolute Gasteiger partial charge is 0.191 e. The Morgan fingerprint density at radius 3 is 2.64 bits per heavy atom. The Hall–Kier alpha value is -0.440. The summed E-state index contributed by atoms with van der Waals surface area (Å²) in [5.41, 5.74) is 0.315. The molecular formula is C8H12BrNO. The maximum atomic E-state index is 10.9. The number of allylic oxidation sites excluding steroid dienone is 1. The fraction of sp³-hybridized carbons (Fsp3) is 0.500. The van der Waals surface area contributed by atoms with Gasteiger partial charge in [0, 0.05) is 6.21 Å². The zero-order valence-electron chi connectivity index (χ0n) is 6.80. The minimum absolute atomic E-state index is 0.0677. The molecule has 0 amide bonds. The summed E-state index contributed by atoms with van der Waals surface area (Å²) in [7, 11) is 0. The number of hydrogen-bond donors (Lipinski definition) is 0. The summed E-state index contributed by atoms with van der Waals surface area (Å²) in [6, 6.07) is 0. The van der Waals surface area contributed by atoms with Crippen LogP contribution in [-0.4, -0.2) is 17.3 Å². The van der Waals surface area contributed by atoms with Gasteiger partial charge in [0.05, 0.1) is 11.0 Å². The third-order valence-corrected chi connectivity index (χ3v) is 1.48. The molecular weight excluding hydrogens is 206 g/mol. The Morgan fingerprint density at radius 1 is 1.73 bits per heavy atom. The van der Waals surface area contributed by atoms with Crippen LogP contribution in [0.15, 0.2) is 17.3 Å². The highest BCUT2D eigenvalue weighted by molar-refractivity contribution is 9.09. The first-order chi connectivity index (χ1) is 5.07. The van der Waals surface area contributed by atoms with E-state index in [1.807, 2.05) is 13.8 Å². The summed E-state index contributed by atoms with van der Waals surface area (Å²) >= 11 is 3.04. The van der Waals surface area contributed by atoms with Crippen molar-refractivity contribution in [3.63, 3.8) is 0 Å². The number of Topliss-reactive ketones (excluding diaryl/α,β-unsaturated/α-hetero) is 1. The molecule has 0 aromatic heterocycles. The highest BCUT2D eigenvalue weighted by Gasteiger charge is 2.01. The molecule has 62 valence electrons. The fourth-order valence-corrected chi connectivity index (χ4v) is 0.712. The summed E-state index contributed by atoms with van der Waals surface area (Å²) < 4.78 is 0. The number of ketones is 1. The highest BCUT2D eigenvalue weighted by Crippen LogP contribution is 1.98. The standard InChI is InChI=1S/C8H12BrNO/c1-6(2)5-10-7(3)8(11)4-9/h5-6H,3-4H2,1-2H3. The average Bonchev–Trinajstić information content (AvgIpc) is 1.98. The maximum absolute atomic E-state index is 10.9. The second kappa shape index (κ2) is 5.24. The number of halogens is 1. The number of nitrogens with zero attached hydrogens (tertiary/aromatic N) is 1. The molecule has 0 aliphatic heterocycles. The normalized spacial score (nSPS) is 10.9. The molecule has 0 fully saturated rings. The van der Waals surface area contributed by atoms with Crippen molar-refractivity contribution in [3.8, 4) is 0 Å². The average molecular weight is 218 g/mol. The predicted octanol–water partition coefficient (Wildman–Crippen LogP) is 2.19. The van der Waals surface area contributed by atoms with E-state index < -0.39 is 0 Å². The van der Waals surface area contributed by atoms with Crippen molar-refractivity contribution in [1.82, 2.24) is 0 Å². The number of carbonyl (C=O) groups is 1. The SMILES string of the molecule is C=C(N=CC(C)C)C(=O)CBr. The molecule has 0 N–H and O–H groups in total. The van der Waals surface area contributed by atoms with E-state index in [-0.39, 0.29) is 5.78 Å². The van der Waals surface area contributed by atoms with Crippen molar-refractivity contribution < 1.29 is 4.79 Å². The summed E-state index contributed by atoms with van der Waals surface area (Å²) in [6.07, 6.45) is 1.71. The quantitative estimate of drug-likeness (QED) is 0.404. The first kappa shape index (κ1) is 10.6. The van der Waals surface area contributed by atoms with E-state index in [9.17, 15) is 4.79 Å². The second-order valence-electron chi connectivity index (χ2n) is 2.53. The summed E-state index contributed by atoms with van der Waals surface area (Å²) in [5.74, 6) is 0.289. The lowest BCUT2D eigenvalue weighted by Gasteiger charge is -1.95. The molecule has 0 saturated heterocycles. The van der Waals surface area contributed by atoms with Crippen LogP contribution in [0.25, 0.3) is 0 Å². The van der Waals surface area contributed by atoms with Gasteiger partial charge < -0.3 is 0 Å². The van der Waals surface area contributed by atoms with E-state index in [0.29, 0.717) is 16.9 Å². The number of carbonyl (C=O) groups excluding carboxylic acids is 1. The highest BCUT2D eigenvalue weighted by atomic mass is 79.9. The van der Waals surface area contributed by atoms with E-state index in [2.05, 4.69) is 27.5 Å². The van der Waals surface area contributed by atoms with Gasteiger partial charge in [-0.25, -0.2) is 0 Å². The number of rotatable bonds is 4. The summed E-state index contributed by atoms with van der Waals surface area (Å²) in [5, 5.41) is 0.293. The Balaban J connectivity index is 3.97. The maximum Gasteiger partial charge on any atom is 0.191 e. The first-order valence-electron chi connectivity index (χ1n) is 3.40. The van der Waals surface area contributed by atoms with Crippen LogP contribution >= 0.6 is 15.9 Å². The number of hydrogen-bond acceptors (Lipinski definition) is 2. The van der Waals surface area contributed by atoms with E-state index in [0.717, 1.165) is 0 Å². The minimum Gasteiger partial charge on any atom is -0.292 e. The lowest BCUT2D eigenvalue weighted by Crippen LogP contribution is -2.01. The molecule has 0 atom stereocenters. The van der Waals surface area contributed by atoms with Crippen molar-refractivity contribution in [2.24, 2.45) is 10.9 Å². The summed E-state index contributed by atoms with van der Waals surface area (Å²) in [4.78, 5) is 14.8. The molecule has 0 unspecified atom stereocenters. The van der Waals surface area contributed by atoms with Crippen molar-refractivity contribution in [2.45, 2.75) is 13.8 Å². The van der Waals surface area contributed by atoms with Gasteiger partial charge in [-0.05, 0) is 5.92 Å². The van der Waals surface area contributed by atoms with Gasteiger partial charge in [-0.15, -0.1) is 0 Å². The van der Waals surface area contributed by atoms with Gasteiger partial charge in [0.25, 0.3) is 0 Å². The molecule has 0 spiro atoms. The molecule has 3 heteroatoms. The predicted molar refractivity (Wildman–Crippen MR) is 51.3 cm³/mol. The van der Waals surface area contributed by atoms with Crippen molar-refractivity contribution in [1.29, 1.82) is 0 Å². The van der Waals surface area contributed by atoms with Gasteiger partial charge in [-0.3, -0.25) is 9.79 Å². The first-order valence-corrected chi connectivity index (χ1v) is 4.52. The fourth-order valence-electron chi connectivity index (χ4n) is 0.388. The molecule has 0 aliphatic rings. The molecule has 0 radical (unpaired) electrons. The molecule has 0 aromatic rings. The molecule has 2 nitrogen and oxygen atoms in total. The van der Waals surface area contributed by atoms with Gasteiger partial charge in [-0.2, -0.15) is 0 Å². The largest absolute Gasteiger partial charge is 0.292 e. The monoisotopic (exact) mass is 217 g/mol. The van der Waals surface area contributed by atoms with Crippen molar-refractivity contribution in [2.75, 3.05) is 5.33 Å². The third-order valence-electron chi connectivity index (χ3n) is 0.972. The minimum atomic E-state index is -0.0677. The van der Waals surface area contributed by atoms with Crippen molar-refractivity contribution >= 4 is 27.9 Å². The number of aliphatic imine (C=N–C) groups is 1. The van der Waals surface area contributed by atoms with Crippen LogP contribution in [-0.2, 0) is 4.79 Å². The molecule has 0 rings (SSSR count). The van der Waals surface area contributed by atoms with Crippen LogP contribution in [0.1, 0.15) is 13.8 Å². The molecule has 0 aromatic carbocycles. The van der Waals surface area contributed by atoms with Gasteiger partial charge >= 0.3 is 0 Å². The van der Waals surface area contributed by atoms with Crippen LogP contribution in [0, 0.1) is 5.92 Å². The van der Waals surface area contributed by atoms with E-state index >= 15 is 0 Å². The molecule has 11 heavy (non-hydrogen) atoms. The Morgan fingerprint density at radius 2 is 2.27 bits per heavy atom. The molecule has 0 heterocycles. The van der Waals surface area contributed by atoms with Crippen LogP contribution < -0.4 is 0 Å². The Kier molecular flexibility index (Phi) is 5.03. The van der Waals surface area contributed by atoms with Gasteiger partial charge in [0.2, 0.25) is 0 Å². The number of alkyl halides is 1. The van der Waals surface area contributed by atoms with E-state index in [1.54, 1.807) is 6.21 Å². The lowest BCUT2D eigenvalue weighted by molar-refractivity contribution is -0.113. The zero-order valence-corrected chi connectivity index (χ0v) is 8.39. The zero-order chi connectivity index (χ0) is 8.85. The Bertz CT molecular complexity index is 185. The van der Waals surface area contributed by atoms with E-state index in [1.165, 1.54) is 0 Å². The van der Waals surface area contributed by atoms with Crippen molar-refractivity contribution in [3.05, 3.63) is 12.3 Å². The third kappa shape index (κ3) is 4.90. The lowest BCUT2D eigenvalue weighted by atomic mass is 10.2. The Labute approximate surface area is 75.5 Å². The molecule has 0 bridgehead atoms. The molecule has 0 aliphatic carbocycles.